The van der Waals surface area contributed by atoms with Crippen LogP contribution in [0.2, 0.25) is 5.02 Å². The highest BCUT2D eigenvalue weighted by Crippen LogP contribution is 2.32. The van der Waals surface area contributed by atoms with Gasteiger partial charge in [-0.1, -0.05) is 35.5 Å². The first kappa shape index (κ1) is 20.2. The Labute approximate surface area is 182 Å². The number of nitrogens with one attached hydrogen (secondary N) is 1. The molecule has 3 aromatic rings. The van der Waals surface area contributed by atoms with Gasteiger partial charge >= 0.3 is 0 Å². The lowest BCUT2D eigenvalue weighted by Crippen LogP contribution is -2.17. The molecular weight excluding hydrogens is 518 g/mol. The molecule has 0 radical (unpaired) electrons. The highest BCUT2D eigenvalue weighted by molar-refractivity contribution is 9.11. The maximum atomic E-state index is 12.3. The Morgan fingerprint density at radius 2 is 1.96 bits per heavy atom. The zero-order valence-electron chi connectivity index (χ0n) is 14.0. The summed E-state index contributed by atoms with van der Waals surface area (Å²) in [5.74, 6) is 6.50. The molecule has 0 aliphatic heterocycles. The van der Waals surface area contributed by atoms with E-state index < -0.39 is 0 Å². The summed E-state index contributed by atoms with van der Waals surface area (Å²) >= 11 is 14.1. The van der Waals surface area contributed by atoms with Crippen LogP contribution in [0.4, 0.5) is 5.69 Å². The molecule has 1 amide bonds. The number of aryl methyl sites for hydroxylation is 1. The fraction of sp³-hybridized carbons (Fsp3) is 0.118. The number of carbonyl (C=O) groups excluding carboxylic acids is 1. The lowest BCUT2D eigenvalue weighted by molar-refractivity contribution is -0.113. The first-order valence-corrected chi connectivity index (χ1v) is 10.6. The molecule has 10 heteroatoms. The Bertz CT molecular complexity index is 988. The molecule has 0 bridgehead atoms. The number of hydrogen-bond acceptors (Lipinski definition) is 5. The molecule has 0 atom stereocenters. The summed E-state index contributed by atoms with van der Waals surface area (Å²) in [6, 6.07) is 11.0. The third-order valence-corrected chi connectivity index (χ3v) is 5.96. The van der Waals surface area contributed by atoms with Crippen LogP contribution in [-0.4, -0.2) is 26.5 Å². The van der Waals surface area contributed by atoms with E-state index in [1.165, 1.54) is 16.4 Å². The number of amides is 1. The molecular formula is C17H14Br2ClN5OS. The van der Waals surface area contributed by atoms with E-state index in [2.05, 4.69) is 47.4 Å². The minimum absolute atomic E-state index is 0.137. The van der Waals surface area contributed by atoms with Crippen molar-refractivity contribution in [1.82, 2.24) is 14.9 Å². The van der Waals surface area contributed by atoms with E-state index in [9.17, 15) is 4.79 Å². The molecule has 3 N–H and O–H groups in total. The second kappa shape index (κ2) is 8.64. The lowest BCUT2D eigenvalue weighted by atomic mass is 10.2. The summed E-state index contributed by atoms with van der Waals surface area (Å²) in [6.07, 6.45) is 0. The molecule has 3 rings (SSSR count). The van der Waals surface area contributed by atoms with Crippen molar-refractivity contribution in [2.45, 2.75) is 12.1 Å². The maximum absolute atomic E-state index is 12.3. The van der Waals surface area contributed by atoms with Gasteiger partial charge in [-0.15, -0.1) is 10.2 Å². The lowest BCUT2D eigenvalue weighted by Gasteiger charge is -2.10. The van der Waals surface area contributed by atoms with Crippen molar-refractivity contribution >= 4 is 66.8 Å². The smallest absolute Gasteiger partial charge is 0.234 e. The number of benzene rings is 2. The Kier molecular flexibility index (Phi) is 6.46. The van der Waals surface area contributed by atoms with E-state index in [1.807, 2.05) is 31.2 Å². The average Bonchev–Trinajstić information content (AvgIpc) is 2.97. The van der Waals surface area contributed by atoms with Gasteiger partial charge in [0.15, 0.2) is 5.82 Å². The van der Waals surface area contributed by atoms with Gasteiger partial charge in [0.25, 0.3) is 0 Å². The average molecular weight is 532 g/mol. The van der Waals surface area contributed by atoms with Gasteiger partial charge in [-0.2, -0.15) is 0 Å². The molecule has 1 aromatic heterocycles. The number of nitrogen functional groups attached to an aromatic ring is 1. The van der Waals surface area contributed by atoms with Crippen LogP contribution in [0, 0.1) is 6.92 Å². The van der Waals surface area contributed by atoms with Crippen LogP contribution in [0.1, 0.15) is 5.56 Å². The second-order valence-corrected chi connectivity index (χ2v) is 8.71. The van der Waals surface area contributed by atoms with Crippen molar-refractivity contribution in [3.8, 4) is 11.4 Å². The Balaban J connectivity index is 1.68. The summed E-state index contributed by atoms with van der Waals surface area (Å²) in [5.41, 5.74) is 2.51. The van der Waals surface area contributed by atoms with Crippen molar-refractivity contribution in [2.75, 3.05) is 16.9 Å². The van der Waals surface area contributed by atoms with Crippen LogP contribution in [0.25, 0.3) is 11.4 Å². The summed E-state index contributed by atoms with van der Waals surface area (Å²) in [5, 5.41) is 12.0. The molecule has 27 heavy (non-hydrogen) atoms. The molecule has 6 nitrogen and oxygen atoms in total. The van der Waals surface area contributed by atoms with Gasteiger partial charge in [-0.3, -0.25) is 4.79 Å². The van der Waals surface area contributed by atoms with Gasteiger partial charge in [0.2, 0.25) is 11.1 Å². The van der Waals surface area contributed by atoms with E-state index in [0.717, 1.165) is 20.1 Å². The first-order valence-electron chi connectivity index (χ1n) is 7.70. The normalized spacial score (nSPS) is 10.8. The van der Waals surface area contributed by atoms with Gasteiger partial charge in [-0.05, 0) is 68.6 Å². The molecule has 0 saturated carbocycles. The largest absolute Gasteiger partial charge is 0.335 e. The topological polar surface area (TPSA) is 85.8 Å². The minimum atomic E-state index is -0.183. The molecule has 0 aliphatic rings. The first-order chi connectivity index (χ1) is 12.8. The molecule has 1 heterocycles. The molecule has 0 unspecified atom stereocenters. The van der Waals surface area contributed by atoms with Gasteiger partial charge in [0.05, 0.1) is 11.4 Å². The van der Waals surface area contributed by atoms with Gasteiger partial charge in [0.1, 0.15) is 0 Å². The summed E-state index contributed by atoms with van der Waals surface area (Å²) in [6.45, 7) is 1.97. The number of nitrogens with zero attached hydrogens (tertiary/aromatic N) is 3. The van der Waals surface area contributed by atoms with Crippen molar-refractivity contribution in [3.63, 3.8) is 0 Å². The molecule has 2 aromatic carbocycles. The fourth-order valence-corrected chi connectivity index (χ4v) is 4.79. The van der Waals surface area contributed by atoms with Crippen LogP contribution < -0.4 is 11.2 Å². The van der Waals surface area contributed by atoms with Crippen LogP contribution >= 0.6 is 55.2 Å². The van der Waals surface area contributed by atoms with E-state index in [4.69, 9.17) is 17.4 Å². The third kappa shape index (κ3) is 4.84. The Morgan fingerprint density at radius 3 is 2.63 bits per heavy atom. The predicted octanol–water partition coefficient (Wildman–Crippen LogP) is 4.88. The van der Waals surface area contributed by atoms with Gasteiger partial charge in [0, 0.05) is 19.5 Å². The number of carbonyl (C=O) groups is 1. The molecule has 0 spiro atoms. The molecule has 0 fully saturated rings. The monoisotopic (exact) mass is 529 g/mol. The number of rotatable bonds is 5. The van der Waals surface area contributed by atoms with E-state index in [0.29, 0.717) is 21.7 Å². The number of aromatic nitrogens is 3. The number of hydrogen-bond donors (Lipinski definition) is 2. The minimum Gasteiger partial charge on any atom is -0.335 e. The quantitative estimate of drug-likeness (QED) is 0.362. The van der Waals surface area contributed by atoms with Crippen LogP contribution in [-0.2, 0) is 4.79 Å². The highest BCUT2D eigenvalue weighted by atomic mass is 79.9. The highest BCUT2D eigenvalue weighted by Gasteiger charge is 2.15. The predicted molar refractivity (Wildman–Crippen MR) is 117 cm³/mol. The molecule has 0 aliphatic carbocycles. The van der Waals surface area contributed by atoms with E-state index in [1.54, 1.807) is 12.1 Å². The van der Waals surface area contributed by atoms with E-state index >= 15 is 0 Å². The van der Waals surface area contributed by atoms with Crippen LogP contribution in [0.3, 0.4) is 0 Å². The zero-order valence-corrected chi connectivity index (χ0v) is 18.8. The number of thioether (sulfide) groups is 1. The van der Waals surface area contributed by atoms with Crippen LogP contribution in [0.15, 0.2) is 50.5 Å². The molecule has 0 saturated heterocycles. The second-order valence-electron chi connectivity index (χ2n) is 5.63. The summed E-state index contributed by atoms with van der Waals surface area (Å²) in [7, 11) is 0. The SMILES string of the molecule is Cc1cc(Br)c(NC(=O)CSc2nnc(-c3cccc(Cl)c3)n2N)c(Br)c1. The Hall–Kier alpha value is -1.55. The van der Waals surface area contributed by atoms with Crippen molar-refractivity contribution in [3.05, 3.63) is 55.9 Å². The number of halogens is 3. The van der Waals surface area contributed by atoms with Crippen molar-refractivity contribution in [1.29, 1.82) is 0 Å². The van der Waals surface area contributed by atoms with Gasteiger partial charge < -0.3 is 11.2 Å². The number of nitrogens with two attached hydrogens (primary N) is 1. The number of anilines is 1. The summed E-state index contributed by atoms with van der Waals surface area (Å²) in [4.78, 5) is 12.3. The van der Waals surface area contributed by atoms with E-state index in [-0.39, 0.29) is 11.7 Å². The Morgan fingerprint density at radius 1 is 1.26 bits per heavy atom. The molecule has 140 valence electrons. The van der Waals surface area contributed by atoms with Crippen molar-refractivity contribution in [2.24, 2.45) is 0 Å². The third-order valence-electron chi connectivity index (χ3n) is 3.53. The zero-order chi connectivity index (χ0) is 19.6. The fourth-order valence-electron chi connectivity index (χ4n) is 2.32. The standard InChI is InChI=1S/C17H14Br2ClN5OS/c1-9-5-12(18)15(13(19)6-9)22-14(26)8-27-17-24-23-16(25(17)21)10-3-2-4-11(20)7-10/h2-7H,8,21H2,1H3,(H,22,26). The summed E-state index contributed by atoms with van der Waals surface area (Å²) < 4.78 is 2.96. The van der Waals surface area contributed by atoms with Crippen molar-refractivity contribution < 1.29 is 4.79 Å². The van der Waals surface area contributed by atoms with Gasteiger partial charge in [-0.25, -0.2) is 4.68 Å². The maximum Gasteiger partial charge on any atom is 0.234 e. The van der Waals surface area contributed by atoms with Crippen LogP contribution in [0.5, 0.6) is 0 Å².